The molecule has 3 heteroatoms. The van der Waals surface area contributed by atoms with Crippen LogP contribution in [0.4, 0.5) is 0 Å². The van der Waals surface area contributed by atoms with Crippen LogP contribution in [-0.4, -0.2) is 23.5 Å². The first-order chi connectivity index (χ1) is 5.60. The molecule has 0 radical (unpaired) electrons. The lowest BCUT2D eigenvalue weighted by molar-refractivity contribution is -0.110. The Hall–Kier alpha value is -0.120. The zero-order chi connectivity index (χ0) is 9.61. The van der Waals surface area contributed by atoms with Crippen molar-refractivity contribution >= 4 is 0 Å². The number of hydrogen-bond acceptors (Lipinski definition) is 3. The van der Waals surface area contributed by atoms with Gasteiger partial charge < -0.3 is 15.6 Å². The minimum absolute atomic E-state index is 0.549. The summed E-state index contributed by atoms with van der Waals surface area (Å²) in [5, 5.41) is 9.87. The van der Waals surface area contributed by atoms with Gasteiger partial charge in [-0.05, 0) is 19.3 Å². The Balaban J connectivity index is 3.93. The Morgan fingerprint density at radius 1 is 1.33 bits per heavy atom. The highest BCUT2D eigenvalue weighted by molar-refractivity contribution is 4.80. The standard InChI is InChI=1S/C9H21NO2/c1-4-7-12-8(10)9(11,5-2)6-3/h8,11H,4-7,10H2,1-3H3. The fourth-order valence-electron chi connectivity index (χ4n) is 1.05. The van der Waals surface area contributed by atoms with Gasteiger partial charge in [-0.25, -0.2) is 0 Å². The average Bonchev–Trinajstić information content (AvgIpc) is 2.12. The van der Waals surface area contributed by atoms with E-state index in [1.165, 1.54) is 0 Å². The molecule has 0 saturated carbocycles. The van der Waals surface area contributed by atoms with Crippen molar-refractivity contribution in [2.45, 2.75) is 51.9 Å². The molecule has 0 aromatic heterocycles. The van der Waals surface area contributed by atoms with Crippen LogP contribution in [0.25, 0.3) is 0 Å². The molecular weight excluding hydrogens is 154 g/mol. The molecule has 0 aliphatic heterocycles. The Morgan fingerprint density at radius 2 is 1.83 bits per heavy atom. The largest absolute Gasteiger partial charge is 0.386 e. The first kappa shape index (κ1) is 11.9. The van der Waals surface area contributed by atoms with Gasteiger partial charge in [-0.2, -0.15) is 0 Å². The van der Waals surface area contributed by atoms with Crippen molar-refractivity contribution in [2.75, 3.05) is 6.61 Å². The third-order valence-electron chi connectivity index (χ3n) is 2.26. The van der Waals surface area contributed by atoms with Crippen LogP contribution in [0, 0.1) is 0 Å². The van der Waals surface area contributed by atoms with Gasteiger partial charge in [-0.15, -0.1) is 0 Å². The van der Waals surface area contributed by atoms with Crippen molar-refractivity contribution in [2.24, 2.45) is 5.73 Å². The van der Waals surface area contributed by atoms with Crippen LogP contribution < -0.4 is 5.73 Å². The maximum Gasteiger partial charge on any atom is 0.134 e. The minimum Gasteiger partial charge on any atom is -0.386 e. The fourth-order valence-corrected chi connectivity index (χ4v) is 1.05. The van der Waals surface area contributed by atoms with Crippen LogP contribution >= 0.6 is 0 Å². The van der Waals surface area contributed by atoms with Crippen molar-refractivity contribution in [3.63, 3.8) is 0 Å². The molecule has 0 amide bonds. The van der Waals surface area contributed by atoms with Gasteiger partial charge in [-0.3, -0.25) is 0 Å². The van der Waals surface area contributed by atoms with E-state index in [-0.39, 0.29) is 0 Å². The number of rotatable bonds is 6. The van der Waals surface area contributed by atoms with Crippen LogP contribution in [0.15, 0.2) is 0 Å². The maximum absolute atomic E-state index is 9.87. The molecule has 0 aromatic carbocycles. The number of hydrogen-bond donors (Lipinski definition) is 2. The molecule has 0 aliphatic rings. The number of ether oxygens (including phenoxy) is 1. The van der Waals surface area contributed by atoms with Crippen LogP contribution in [0.2, 0.25) is 0 Å². The van der Waals surface area contributed by atoms with Crippen LogP contribution in [0.1, 0.15) is 40.0 Å². The van der Waals surface area contributed by atoms with Crippen molar-refractivity contribution in [3.8, 4) is 0 Å². The van der Waals surface area contributed by atoms with Gasteiger partial charge in [0.15, 0.2) is 0 Å². The molecule has 0 rings (SSSR count). The van der Waals surface area contributed by atoms with Crippen LogP contribution in [-0.2, 0) is 4.74 Å². The second-order valence-corrected chi connectivity index (χ2v) is 3.10. The van der Waals surface area contributed by atoms with E-state index in [0.717, 1.165) is 6.42 Å². The molecule has 0 aliphatic carbocycles. The second kappa shape index (κ2) is 5.51. The van der Waals surface area contributed by atoms with Gasteiger partial charge in [0.25, 0.3) is 0 Å². The highest BCUT2D eigenvalue weighted by Gasteiger charge is 2.30. The molecule has 0 bridgehead atoms. The van der Waals surface area contributed by atoms with E-state index in [0.29, 0.717) is 19.4 Å². The van der Waals surface area contributed by atoms with E-state index in [1.807, 2.05) is 20.8 Å². The lowest BCUT2D eigenvalue weighted by Crippen LogP contribution is -2.49. The van der Waals surface area contributed by atoms with Gasteiger partial charge in [0.1, 0.15) is 11.8 Å². The lowest BCUT2D eigenvalue weighted by atomic mass is 9.96. The summed E-state index contributed by atoms with van der Waals surface area (Å²) < 4.78 is 5.27. The molecule has 0 saturated heterocycles. The van der Waals surface area contributed by atoms with Crippen molar-refractivity contribution in [1.29, 1.82) is 0 Å². The maximum atomic E-state index is 9.87. The molecule has 0 aromatic rings. The Kier molecular flexibility index (Phi) is 5.46. The molecule has 1 atom stereocenters. The van der Waals surface area contributed by atoms with Gasteiger partial charge in [0.05, 0.1) is 0 Å². The third-order valence-corrected chi connectivity index (χ3v) is 2.26. The molecule has 3 nitrogen and oxygen atoms in total. The molecular formula is C9H21NO2. The monoisotopic (exact) mass is 175 g/mol. The van der Waals surface area contributed by atoms with Gasteiger partial charge in [0, 0.05) is 6.61 Å². The predicted octanol–water partition coefficient (Wildman–Crippen LogP) is 1.25. The zero-order valence-corrected chi connectivity index (χ0v) is 8.34. The quantitative estimate of drug-likeness (QED) is 0.597. The van der Waals surface area contributed by atoms with Gasteiger partial charge in [-0.1, -0.05) is 20.8 Å². The zero-order valence-electron chi connectivity index (χ0n) is 8.34. The Bertz CT molecular complexity index is 113. The predicted molar refractivity (Wildman–Crippen MR) is 49.8 cm³/mol. The molecule has 12 heavy (non-hydrogen) atoms. The molecule has 0 fully saturated rings. The average molecular weight is 175 g/mol. The molecule has 0 heterocycles. The highest BCUT2D eigenvalue weighted by Crippen LogP contribution is 2.18. The topological polar surface area (TPSA) is 55.5 Å². The second-order valence-electron chi connectivity index (χ2n) is 3.10. The van der Waals surface area contributed by atoms with Gasteiger partial charge >= 0.3 is 0 Å². The van der Waals surface area contributed by atoms with Gasteiger partial charge in [0.2, 0.25) is 0 Å². The first-order valence-corrected chi connectivity index (χ1v) is 4.70. The summed E-state index contributed by atoms with van der Waals surface area (Å²) in [5.74, 6) is 0. The summed E-state index contributed by atoms with van der Waals surface area (Å²) >= 11 is 0. The third kappa shape index (κ3) is 3.09. The van der Waals surface area contributed by atoms with E-state index >= 15 is 0 Å². The fraction of sp³-hybridized carbons (Fsp3) is 1.00. The molecule has 74 valence electrons. The molecule has 3 N–H and O–H groups in total. The summed E-state index contributed by atoms with van der Waals surface area (Å²) in [6.07, 6.45) is 1.65. The summed E-state index contributed by atoms with van der Waals surface area (Å²) in [7, 11) is 0. The van der Waals surface area contributed by atoms with E-state index in [1.54, 1.807) is 0 Å². The van der Waals surface area contributed by atoms with Crippen molar-refractivity contribution < 1.29 is 9.84 Å². The summed E-state index contributed by atoms with van der Waals surface area (Å²) in [5.41, 5.74) is 4.84. The summed E-state index contributed by atoms with van der Waals surface area (Å²) in [6.45, 7) is 6.46. The smallest absolute Gasteiger partial charge is 0.134 e. The molecule has 0 spiro atoms. The summed E-state index contributed by atoms with van der Waals surface area (Å²) in [6, 6.07) is 0. The Labute approximate surface area is 74.9 Å². The van der Waals surface area contributed by atoms with Crippen molar-refractivity contribution in [1.82, 2.24) is 0 Å². The van der Waals surface area contributed by atoms with Crippen LogP contribution in [0.3, 0.4) is 0 Å². The van der Waals surface area contributed by atoms with E-state index in [2.05, 4.69) is 0 Å². The Morgan fingerprint density at radius 3 is 2.17 bits per heavy atom. The van der Waals surface area contributed by atoms with Crippen LogP contribution in [0.5, 0.6) is 0 Å². The highest BCUT2D eigenvalue weighted by atomic mass is 16.5. The lowest BCUT2D eigenvalue weighted by Gasteiger charge is -2.31. The number of nitrogens with two attached hydrogens (primary N) is 1. The molecule has 1 unspecified atom stereocenters. The van der Waals surface area contributed by atoms with Crippen molar-refractivity contribution in [3.05, 3.63) is 0 Å². The first-order valence-electron chi connectivity index (χ1n) is 4.70. The van der Waals surface area contributed by atoms with E-state index in [9.17, 15) is 5.11 Å². The normalized spacial score (nSPS) is 14.8. The summed E-state index contributed by atoms with van der Waals surface area (Å²) in [4.78, 5) is 0. The van der Waals surface area contributed by atoms with E-state index < -0.39 is 11.8 Å². The van der Waals surface area contributed by atoms with E-state index in [4.69, 9.17) is 10.5 Å². The number of aliphatic hydroxyl groups is 1. The minimum atomic E-state index is -0.852. The SMILES string of the molecule is CCCOC(N)C(O)(CC)CC.